The fourth-order valence-electron chi connectivity index (χ4n) is 3.08. The second-order valence-electron chi connectivity index (χ2n) is 5.12. The van der Waals surface area contributed by atoms with Crippen molar-refractivity contribution in [2.45, 2.75) is 57.4 Å². The van der Waals surface area contributed by atoms with Crippen molar-refractivity contribution < 1.29 is 4.74 Å². The number of likely N-dealkylation sites (N-methyl/N-ethyl adjacent to an activating group) is 1. The standard InChI is InChI=1S/C14H25NO/c1-15-14(13-10-7-11-16-13)12-8-5-3-2-4-6-9-12/h10,12,14-15H,2-9,11H2,1H3. The number of nitrogens with one attached hydrogen (secondary N) is 1. The summed E-state index contributed by atoms with van der Waals surface area (Å²) in [6, 6.07) is 0.473. The number of hydrogen-bond acceptors (Lipinski definition) is 2. The van der Waals surface area contributed by atoms with Gasteiger partial charge in [-0.25, -0.2) is 0 Å². The molecule has 1 aliphatic carbocycles. The van der Waals surface area contributed by atoms with E-state index in [2.05, 4.69) is 18.4 Å². The summed E-state index contributed by atoms with van der Waals surface area (Å²) in [6.45, 7) is 0.889. The lowest BCUT2D eigenvalue weighted by Crippen LogP contribution is -2.36. The highest BCUT2D eigenvalue weighted by Crippen LogP contribution is 2.29. The number of hydrogen-bond donors (Lipinski definition) is 1. The van der Waals surface area contributed by atoms with Gasteiger partial charge in [-0.05, 0) is 31.9 Å². The lowest BCUT2D eigenvalue weighted by molar-refractivity contribution is 0.184. The maximum atomic E-state index is 5.73. The molecular formula is C14H25NO. The SMILES string of the molecule is CNC(C1=CCCO1)C1CCCCCCC1. The number of rotatable bonds is 3. The molecule has 1 aliphatic heterocycles. The van der Waals surface area contributed by atoms with Crippen molar-refractivity contribution in [3.05, 3.63) is 11.8 Å². The van der Waals surface area contributed by atoms with Gasteiger partial charge in [-0.15, -0.1) is 0 Å². The van der Waals surface area contributed by atoms with Crippen molar-refractivity contribution in [1.82, 2.24) is 5.32 Å². The first-order valence-electron chi connectivity index (χ1n) is 6.92. The molecule has 1 atom stereocenters. The summed E-state index contributed by atoms with van der Waals surface area (Å²) < 4.78 is 5.73. The van der Waals surface area contributed by atoms with Crippen molar-refractivity contribution in [1.29, 1.82) is 0 Å². The Balaban J connectivity index is 1.94. The molecule has 0 radical (unpaired) electrons. The molecule has 0 aromatic rings. The summed E-state index contributed by atoms with van der Waals surface area (Å²) in [4.78, 5) is 0. The largest absolute Gasteiger partial charge is 0.496 e. The lowest BCUT2D eigenvalue weighted by Gasteiger charge is -2.29. The van der Waals surface area contributed by atoms with Gasteiger partial charge in [0.15, 0.2) is 0 Å². The Morgan fingerprint density at radius 2 is 1.88 bits per heavy atom. The Hall–Kier alpha value is -0.500. The molecular weight excluding hydrogens is 198 g/mol. The molecule has 0 aromatic carbocycles. The summed E-state index contributed by atoms with van der Waals surface area (Å²) in [5, 5.41) is 3.47. The first-order valence-corrected chi connectivity index (χ1v) is 6.92. The molecule has 0 aromatic heterocycles. The second kappa shape index (κ2) is 6.29. The van der Waals surface area contributed by atoms with Crippen LogP contribution in [0.5, 0.6) is 0 Å². The minimum atomic E-state index is 0.473. The third-order valence-corrected chi connectivity index (χ3v) is 3.97. The van der Waals surface area contributed by atoms with E-state index in [0.717, 1.165) is 18.9 Å². The van der Waals surface area contributed by atoms with Crippen LogP contribution in [-0.4, -0.2) is 19.7 Å². The van der Waals surface area contributed by atoms with E-state index in [-0.39, 0.29) is 0 Å². The van der Waals surface area contributed by atoms with Crippen LogP contribution >= 0.6 is 0 Å². The molecule has 2 nitrogen and oxygen atoms in total. The zero-order chi connectivity index (χ0) is 11.2. The summed E-state index contributed by atoms with van der Waals surface area (Å²) >= 11 is 0. The van der Waals surface area contributed by atoms with Gasteiger partial charge in [-0.2, -0.15) is 0 Å². The summed E-state index contributed by atoms with van der Waals surface area (Å²) in [5.41, 5.74) is 0. The van der Waals surface area contributed by atoms with Crippen molar-refractivity contribution in [2.24, 2.45) is 5.92 Å². The number of ether oxygens (including phenoxy) is 1. The average molecular weight is 223 g/mol. The van der Waals surface area contributed by atoms with E-state index in [0.29, 0.717) is 6.04 Å². The highest BCUT2D eigenvalue weighted by atomic mass is 16.5. The molecule has 1 heterocycles. The molecule has 16 heavy (non-hydrogen) atoms. The van der Waals surface area contributed by atoms with Crippen LogP contribution in [0.1, 0.15) is 51.4 Å². The van der Waals surface area contributed by atoms with Crippen LogP contribution in [-0.2, 0) is 4.74 Å². The van der Waals surface area contributed by atoms with E-state index in [4.69, 9.17) is 4.74 Å². The van der Waals surface area contributed by atoms with E-state index in [1.807, 2.05) is 0 Å². The summed E-state index contributed by atoms with van der Waals surface area (Å²) in [7, 11) is 2.08. The Bertz CT molecular complexity index is 229. The van der Waals surface area contributed by atoms with E-state index < -0.39 is 0 Å². The summed E-state index contributed by atoms with van der Waals surface area (Å²) in [5.74, 6) is 2.00. The van der Waals surface area contributed by atoms with Gasteiger partial charge in [0.2, 0.25) is 0 Å². The third kappa shape index (κ3) is 3.00. The predicted molar refractivity (Wildman–Crippen MR) is 67.3 cm³/mol. The van der Waals surface area contributed by atoms with Gasteiger partial charge in [0.25, 0.3) is 0 Å². The van der Waals surface area contributed by atoms with Gasteiger partial charge < -0.3 is 10.1 Å². The molecule has 2 heteroatoms. The molecule has 1 N–H and O–H groups in total. The molecule has 1 unspecified atom stereocenters. The third-order valence-electron chi connectivity index (χ3n) is 3.97. The second-order valence-corrected chi connectivity index (χ2v) is 5.12. The summed E-state index contributed by atoms with van der Waals surface area (Å²) in [6.07, 6.45) is 13.2. The van der Waals surface area contributed by atoms with Gasteiger partial charge >= 0.3 is 0 Å². The van der Waals surface area contributed by atoms with Crippen molar-refractivity contribution in [3.8, 4) is 0 Å². The smallest absolute Gasteiger partial charge is 0.109 e. The van der Waals surface area contributed by atoms with Crippen molar-refractivity contribution >= 4 is 0 Å². The molecule has 0 saturated heterocycles. The minimum Gasteiger partial charge on any atom is -0.496 e. The monoisotopic (exact) mass is 223 g/mol. The van der Waals surface area contributed by atoms with E-state index in [1.165, 1.54) is 50.7 Å². The van der Waals surface area contributed by atoms with Crippen LogP contribution in [0.15, 0.2) is 11.8 Å². The van der Waals surface area contributed by atoms with Gasteiger partial charge in [-0.1, -0.05) is 32.1 Å². The minimum absolute atomic E-state index is 0.473. The van der Waals surface area contributed by atoms with Crippen LogP contribution in [0.3, 0.4) is 0 Å². The molecule has 2 aliphatic rings. The Morgan fingerprint density at radius 3 is 2.44 bits per heavy atom. The molecule has 92 valence electrons. The molecule has 0 bridgehead atoms. The first kappa shape index (κ1) is 12.0. The maximum Gasteiger partial charge on any atom is 0.109 e. The molecule has 1 saturated carbocycles. The van der Waals surface area contributed by atoms with Crippen LogP contribution in [0.2, 0.25) is 0 Å². The average Bonchev–Trinajstić information content (AvgIpc) is 2.75. The Morgan fingerprint density at radius 1 is 1.19 bits per heavy atom. The van der Waals surface area contributed by atoms with Gasteiger partial charge in [-0.3, -0.25) is 0 Å². The fourth-order valence-corrected chi connectivity index (χ4v) is 3.08. The maximum absolute atomic E-state index is 5.73. The van der Waals surface area contributed by atoms with Crippen molar-refractivity contribution in [3.63, 3.8) is 0 Å². The normalized spacial score (nSPS) is 25.4. The lowest BCUT2D eigenvalue weighted by atomic mass is 9.85. The fraction of sp³-hybridized carbons (Fsp3) is 0.857. The molecule has 0 spiro atoms. The molecule has 1 fully saturated rings. The molecule has 0 amide bonds. The topological polar surface area (TPSA) is 21.3 Å². The van der Waals surface area contributed by atoms with E-state index >= 15 is 0 Å². The van der Waals surface area contributed by atoms with Gasteiger partial charge in [0.05, 0.1) is 12.6 Å². The Labute approximate surface area is 99.4 Å². The van der Waals surface area contributed by atoms with Crippen LogP contribution in [0.4, 0.5) is 0 Å². The highest BCUT2D eigenvalue weighted by Gasteiger charge is 2.26. The van der Waals surface area contributed by atoms with Gasteiger partial charge in [0, 0.05) is 6.42 Å². The predicted octanol–water partition coefficient (Wildman–Crippen LogP) is 3.24. The van der Waals surface area contributed by atoms with E-state index in [1.54, 1.807) is 0 Å². The quantitative estimate of drug-likeness (QED) is 0.793. The first-order chi connectivity index (χ1) is 7.92. The Kier molecular flexibility index (Phi) is 4.70. The molecule has 2 rings (SSSR count). The van der Waals surface area contributed by atoms with Gasteiger partial charge in [0.1, 0.15) is 5.76 Å². The highest BCUT2D eigenvalue weighted by molar-refractivity contribution is 5.08. The van der Waals surface area contributed by atoms with Crippen LogP contribution < -0.4 is 5.32 Å². The zero-order valence-corrected chi connectivity index (χ0v) is 10.5. The van der Waals surface area contributed by atoms with Crippen LogP contribution in [0, 0.1) is 5.92 Å². The van der Waals surface area contributed by atoms with E-state index in [9.17, 15) is 0 Å². The zero-order valence-electron chi connectivity index (χ0n) is 10.5. The van der Waals surface area contributed by atoms with Crippen molar-refractivity contribution in [2.75, 3.05) is 13.7 Å². The van der Waals surface area contributed by atoms with Crippen LogP contribution in [0.25, 0.3) is 0 Å².